The fourth-order valence-corrected chi connectivity index (χ4v) is 5.09. The average Bonchev–Trinajstić information content (AvgIpc) is 3.40. The van der Waals surface area contributed by atoms with Gasteiger partial charge in [0.15, 0.2) is 11.5 Å². The largest absolute Gasteiger partial charge is 0.493 e. The number of ether oxygens (including phenoxy) is 2. The molecular weight excluding hydrogens is 472 g/mol. The van der Waals surface area contributed by atoms with Gasteiger partial charge in [0, 0.05) is 29.4 Å². The average molecular weight is 505 g/mol. The van der Waals surface area contributed by atoms with E-state index in [1.165, 1.54) is 5.56 Å². The maximum absolute atomic E-state index is 13.7. The van der Waals surface area contributed by atoms with Crippen LogP contribution in [0.15, 0.2) is 109 Å². The number of benzene rings is 4. The number of rotatable bonds is 10. The molecule has 4 aromatic carbocycles. The van der Waals surface area contributed by atoms with Gasteiger partial charge in [0.05, 0.1) is 20.3 Å². The number of carbonyl (C=O) groups is 1. The van der Waals surface area contributed by atoms with Crippen molar-refractivity contribution >= 4 is 16.8 Å². The summed E-state index contributed by atoms with van der Waals surface area (Å²) in [5.41, 5.74) is 5.36. The summed E-state index contributed by atoms with van der Waals surface area (Å²) >= 11 is 0. The molecule has 5 rings (SSSR count). The van der Waals surface area contributed by atoms with Gasteiger partial charge >= 0.3 is 0 Å². The second kappa shape index (κ2) is 11.7. The monoisotopic (exact) mass is 504 g/mol. The first-order chi connectivity index (χ1) is 18.7. The number of H-pyrrole nitrogens is 1. The topological polar surface area (TPSA) is 63.3 Å². The van der Waals surface area contributed by atoms with Gasteiger partial charge in [-0.25, -0.2) is 0 Å². The minimum Gasteiger partial charge on any atom is -0.493 e. The molecule has 5 heteroatoms. The van der Waals surface area contributed by atoms with Crippen molar-refractivity contribution in [3.05, 3.63) is 132 Å². The van der Waals surface area contributed by atoms with Crippen LogP contribution in [0.3, 0.4) is 0 Å². The molecule has 0 radical (unpaired) electrons. The van der Waals surface area contributed by atoms with Crippen LogP contribution in [0.25, 0.3) is 10.9 Å². The van der Waals surface area contributed by atoms with Gasteiger partial charge in [-0.15, -0.1) is 0 Å². The highest BCUT2D eigenvalue weighted by molar-refractivity contribution is 5.86. The smallest absolute Gasteiger partial charge is 0.221 e. The molecule has 2 atom stereocenters. The summed E-state index contributed by atoms with van der Waals surface area (Å²) in [5.74, 6) is 1.10. The maximum Gasteiger partial charge on any atom is 0.221 e. The number of hydrogen-bond donors (Lipinski definition) is 2. The van der Waals surface area contributed by atoms with Crippen LogP contribution in [0.2, 0.25) is 0 Å². The van der Waals surface area contributed by atoms with E-state index in [9.17, 15) is 4.79 Å². The van der Waals surface area contributed by atoms with E-state index in [0.29, 0.717) is 17.9 Å². The second-order valence-corrected chi connectivity index (χ2v) is 9.38. The lowest BCUT2D eigenvalue weighted by atomic mass is 9.87. The molecule has 0 aliphatic rings. The molecule has 0 spiro atoms. The van der Waals surface area contributed by atoms with Gasteiger partial charge in [-0.05, 0) is 46.9 Å². The second-order valence-electron chi connectivity index (χ2n) is 9.38. The van der Waals surface area contributed by atoms with Gasteiger partial charge in [0.2, 0.25) is 5.91 Å². The summed E-state index contributed by atoms with van der Waals surface area (Å²) in [6.45, 7) is 0. The molecule has 2 unspecified atom stereocenters. The lowest BCUT2D eigenvalue weighted by Crippen LogP contribution is -2.31. The van der Waals surface area contributed by atoms with Crippen molar-refractivity contribution in [3.8, 4) is 11.5 Å². The molecule has 192 valence electrons. The molecule has 0 aliphatic heterocycles. The summed E-state index contributed by atoms with van der Waals surface area (Å²) in [6, 6.07) is 34.3. The van der Waals surface area contributed by atoms with Crippen LogP contribution in [0, 0.1) is 0 Å². The van der Waals surface area contributed by atoms with E-state index < -0.39 is 0 Å². The minimum absolute atomic E-state index is 0.0140. The van der Waals surface area contributed by atoms with E-state index in [-0.39, 0.29) is 24.3 Å². The molecule has 1 aromatic heterocycles. The fraction of sp³-hybridized carbons (Fsp3) is 0.182. The molecule has 0 bridgehead atoms. The van der Waals surface area contributed by atoms with Crippen molar-refractivity contribution in [2.45, 2.75) is 24.8 Å². The summed E-state index contributed by atoms with van der Waals surface area (Å²) in [4.78, 5) is 17.1. The number of nitrogens with one attached hydrogen (secondary N) is 2. The maximum atomic E-state index is 13.7. The van der Waals surface area contributed by atoms with Gasteiger partial charge in [0.25, 0.3) is 0 Å². The van der Waals surface area contributed by atoms with Gasteiger partial charge in [-0.3, -0.25) is 4.79 Å². The number of carbonyl (C=O) groups excluding carboxylic acids is 1. The molecule has 0 saturated heterocycles. The SMILES string of the molecule is COc1ccc(C(CC(=O)NC(Cc2ccccc2)c2ccccc2)c2c[nH]c3ccccc23)cc1OC. The molecule has 0 aliphatic carbocycles. The normalized spacial score (nSPS) is 12.6. The quantitative estimate of drug-likeness (QED) is 0.220. The van der Waals surface area contributed by atoms with Crippen LogP contribution in [0.4, 0.5) is 0 Å². The molecule has 5 nitrogen and oxygen atoms in total. The van der Waals surface area contributed by atoms with E-state index in [2.05, 4.69) is 46.7 Å². The van der Waals surface area contributed by atoms with Crippen LogP contribution in [0.5, 0.6) is 11.5 Å². The highest BCUT2D eigenvalue weighted by atomic mass is 16.5. The summed E-state index contributed by atoms with van der Waals surface area (Å²) in [5, 5.41) is 4.44. The molecule has 1 amide bonds. The fourth-order valence-electron chi connectivity index (χ4n) is 5.09. The van der Waals surface area contributed by atoms with E-state index >= 15 is 0 Å². The third-order valence-corrected chi connectivity index (χ3v) is 7.02. The Hall–Kier alpha value is -4.51. The molecule has 38 heavy (non-hydrogen) atoms. The van der Waals surface area contributed by atoms with Crippen LogP contribution in [-0.4, -0.2) is 25.1 Å². The minimum atomic E-state index is -0.181. The summed E-state index contributed by atoms with van der Waals surface area (Å²) < 4.78 is 11.1. The standard InChI is InChI=1S/C33H32N2O3/c1-37-31-18-17-25(20-32(31)38-2)27(28-22-34-29-16-10-9-15-26(28)29)21-33(36)35-30(24-13-7-4-8-14-24)19-23-11-5-3-6-12-23/h3-18,20,22,27,30,34H,19,21H2,1-2H3,(H,35,36). The molecule has 0 saturated carbocycles. The first-order valence-electron chi connectivity index (χ1n) is 12.8. The van der Waals surface area contributed by atoms with Crippen LogP contribution in [-0.2, 0) is 11.2 Å². The van der Waals surface area contributed by atoms with Crippen molar-refractivity contribution < 1.29 is 14.3 Å². The van der Waals surface area contributed by atoms with Crippen molar-refractivity contribution in [3.63, 3.8) is 0 Å². The van der Waals surface area contributed by atoms with Crippen molar-refractivity contribution in [2.24, 2.45) is 0 Å². The third-order valence-electron chi connectivity index (χ3n) is 7.02. The Balaban J connectivity index is 1.47. The molecule has 2 N–H and O–H groups in total. The van der Waals surface area contributed by atoms with E-state index in [0.717, 1.165) is 27.6 Å². The van der Waals surface area contributed by atoms with Gasteiger partial charge in [-0.2, -0.15) is 0 Å². The van der Waals surface area contributed by atoms with Gasteiger partial charge < -0.3 is 19.8 Å². The number of aromatic nitrogens is 1. The van der Waals surface area contributed by atoms with Crippen LogP contribution < -0.4 is 14.8 Å². The Kier molecular flexibility index (Phi) is 7.74. The predicted octanol–water partition coefficient (Wildman–Crippen LogP) is 6.81. The van der Waals surface area contributed by atoms with Crippen LogP contribution in [0.1, 0.15) is 40.6 Å². The first kappa shape index (κ1) is 25.2. The zero-order chi connectivity index (χ0) is 26.3. The highest BCUT2D eigenvalue weighted by Crippen LogP contribution is 2.38. The third kappa shape index (κ3) is 5.57. The number of fused-ring (bicyclic) bond motifs is 1. The highest BCUT2D eigenvalue weighted by Gasteiger charge is 2.24. The Bertz CT molecular complexity index is 1500. The van der Waals surface area contributed by atoms with Crippen LogP contribution >= 0.6 is 0 Å². The zero-order valence-corrected chi connectivity index (χ0v) is 21.7. The predicted molar refractivity (Wildman–Crippen MR) is 152 cm³/mol. The number of aromatic amines is 1. The summed E-state index contributed by atoms with van der Waals surface area (Å²) in [7, 11) is 3.25. The Labute approximate surface area is 223 Å². The molecule has 0 fully saturated rings. The zero-order valence-electron chi connectivity index (χ0n) is 21.7. The Morgan fingerprint density at radius 3 is 2.21 bits per heavy atom. The van der Waals surface area contributed by atoms with Crippen molar-refractivity contribution in [1.82, 2.24) is 10.3 Å². The van der Waals surface area contributed by atoms with Crippen molar-refractivity contribution in [1.29, 1.82) is 0 Å². The van der Waals surface area contributed by atoms with Gasteiger partial charge in [0.1, 0.15) is 0 Å². The Morgan fingerprint density at radius 2 is 1.47 bits per heavy atom. The lowest BCUT2D eigenvalue weighted by Gasteiger charge is -2.23. The molecule has 1 heterocycles. The number of amides is 1. The molecule has 5 aromatic rings. The first-order valence-corrected chi connectivity index (χ1v) is 12.8. The van der Waals surface area contributed by atoms with E-state index in [4.69, 9.17) is 9.47 Å². The number of para-hydroxylation sites is 1. The van der Waals surface area contributed by atoms with Crippen molar-refractivity contribution in [2.75, 3.05) is 14.2 Å². The number of hydrogen-bond acceptors (Lipinski definition) is 3. The van der Waals surface area contributed by atoms with E-state index in [1.54, 1.807) is 14.2 Å². The lowest BCUT2D eigenvalue weighted by molar-refractivity contribution is -0.122. The number of methoxy groups -OCH3 is 2. The van der Waals surface area contributed by atoms with E-state index in [1.807, 2.05) is 72.9 Å². The Morgan fingerprint density at radius 1 is 0.789 bits per heavy atom. The molecular formula is C33H32N2O3. The van der Waals surface area contributed by atoms with Gasteiger partial charge in [-0.1, -0.05) is 84.9 Å². The summed E-state index contributed by atoms with van der Waals surface area (Å²) in [6.07, 6.45) is 3.01.